The Morgan fingerprint density at radius 1 is 1.25 bits per heavy atom. The Hall–Kier alpha value is 0.440. The molecule has 1 atom stereocenters. The largest absolute Gasteiger partial charge is 0.303 e. The lowest BCUT2D eigenvalue weighted by molar-refractivity contribution is 0.103. The van der Waals surface area contributed by atoms with E-state index in [0.29, 0.717) is 5.41 Å². The number of piperidine rings is 1. The van der Waals surface area contributed by atoms with Crippen molar-refractivity contribution in [2.24, 2.45) is 11.3 Å². The molecule has 16 heavy (non-hydrogen) atoms. The van der Waals surface area contributed by atoms with Gasteiger partial charge in [-0.2, -0.15) is 0 Å². The zero-order valence-electron chi connectivity index (χ0n) is 11.3. The monoisotopic (exact) mass is 289 g/mol. The lowest BCUT2D eigenvalue weighted by Crippen LogP contribution is -2.41. The summed E-state index contributed by atoms with van der Waals surface area (Å²) in [4.78, 5) is 2.68. The molecular weight excluding hydrogens is 262 g/mol. The van der Waals surface area contributed by atoms with Gasteiger partial charge in [-0.1, -0.05) is 49.5 Å². The summed E-state index contributed by atoms with van der Waals surface area (Å²) in [6.45, 7) is 11.0. The maximum atomic E-state index is 3.65. The van der Waals surface area contributed by atoms with Crippen molar-refractivity contribution in [1.82, 2.24) is 4.90 Å². The molecule has 1 unspecified atom stereocenters. The molecule has 1 nitrogen and oxygen atoms in total. The van der Waals surface area contributed by atoms with Crippen LogP contribution in [0, 0.1) is 11.3 Å². The van der Waals surface area contributed by atoms with Gasteiger partial charge in [-0.15, -0.1) is 0 Å². The highest BCUT2D eigenvalue weighted by Gasteiger charge is 2.28. The van der Waals surface area contributed by atoms with Gasteiger partial charge in [0.05, 0.1) is 0 Å². The maximum absolute atomic E-state index is 3.65. The summed E-state index contributed by atoms with van der Waals surface area (Å²) in [7, 11) is 0. The zero-order chi connectivity index (χ0) is 12.0. The molecule has 1 rings (SSSR count). The van der Waals surface area contributed by atoms with Crippen molar-refractivity contribution < 1.29 is 0 Å². The Labute approximate surface area is 110 Å². The first-order chi connectivity index (χ1) is 7.63. The summed E-state index contributed by atoms with van der Waals surface area (Å²) >= 11 is 3.65. The fourth-order valence-corrected chi connectivity index (χ4v) is 3.15. The summed E-state index contributed by atoms with van der Waals surface area (Å²) in [5.74, 6) is 0.857. The van der Waals surface area contributed by atoms with Gasteiger partial charge in [0.15, 0.2) is 0 Å². The molecule has 0 saturated carbocycles. The first-order valence-corrected chi connectivity index (χ1v) is 8.04. The van der Waals surface area contributed by atoms with Crippen molar-refractivity contribution >= 4 is 15.9 Å². The number of rotatable bonds is 6. The normalized spacial score (nSPS) is 23.2. The van der Waals surface area contributed by atoms with E-state index in [0.717, 1.165) is 5.92 Å². The van der Waals surface area contributed by atoms with Gasteiger partial charge >= 0.3 is 0 Å². The summed E-state index contributed by atoms with van der Waals surface area (Å²) in [6, 6.07) is 0. The highest BCUT2D eigenvalue weighted by Crippen LogP contribution is 2.34. The summed E-state index contributed by atoms with van der Waals surface area (Å²) in [5.41, 5.74) is 0.630. The summed E-state index contributed by atoms with van der Waals surface area (Å²) in [6.07, 6.45) is 6.82. The average Bonchev–Trinajstić information content (AvgIpc) is 2.31. The molecule has 0 amide bonds. The van der Waals surface area contributed by atoms with Crippen LogP contribution in [0.3, 0.4) is 0 Å². The van der Waals surface area contributed by atoms with E-state index in [4.69, 9.17) is 0 Å². The van der Waals surface area contributed by atoms with E-state index in [1.807, 2.05) is 0 Å². The number of nitrogens with zero attached hydrogens (tertiary/aromatic N) is 1. The van der Waals surface area contributed by atoms with Crippen molar-refractivity contribution in [2.45, 2.75) is 52.9 Å². The van der Waals surface area contributed by atoms with Gasteiger partial charge in [0.25, 0.3) is 0 Å². The first-order valence-electron chi connectivity index (χ1n) is 6.92. The minimum Gasteiger partial charge on any atom is -0.303 e. The van der Waals surface area contributed by atoms with E-state index < -0.39 is 0 Å². The van der Waals surface area contributed by atoms with Crippen molar-refractivity contribution in [3.63, 3.8) is 0 Å². The third-order valence-electron chi connectivity index (χ3n) is 4.35. The predicted octanol–water partition coefficient (Wildman–Crippen LogP) is 4.31. The summed E-state index contributed by atoms with van der Waals surface area (Å²) < 4.78 is 0. The second-order valence-corrected chi connectivity index (χ2v) is 6.42. The molecule has 0 bridgehead atoms. The standard InChI is InChI=1S/C14H28BrN/c1-4-6-13(11-15)12-16-9-7-14(3,5-2)8-10-16/h13H,4-12H2,1-3H3. The average molecular weight is 290 g/mol. The van der Waals surface area contributed by atoms with Gasteiger partial charge in [-0.3, -0.25) is 0 Å². The Morgan fingerprint density at radius 3 is 2.31 bits per heavy atom. The van der Waals surface area contributed by atoms with Gasteiger partial charge < -0.3 is 4.90 Å². The Bertz CT molecular complexity index is 185. The van der Waals surface area contributed by atoms with E-state index >= 15 is 0 Å². The van der Waals surface area contributed by atoms with Crippen LogP contribution in [0.25, 0.3) is 0 Å². The van der Waals surface area contributed by atoms with Gasteiger partial charge in [-0.25, -0.2) is 0 Å². The number of hydrogen-bond acceptors (Lipinski definition) is 1. The van der Waals surface area contributed by atoms with Gasteiger partial charge in [0, 0.05) is 11.9 Å². The second-order valence-electron chi connectivity index (χ2n) is 5.77. The van der Waals surface area contributed by atoms with Crippen LogP contribution in [0.4, 0.5) is 0 Å². The molecule has 96 valence electrons. The van der Waals surface area contributed by atoms with Crippen molar-refractivity contribution in [3.05, 3.63) is 0 Å². The van der Waals surface area contributed by atoms with Crippen LogP contribution in [0.15, 0.2) is 0 Å². The topological polar surface area (TPSA) is 3.24 Å². The maximum Gasteiger partial charge on any atom is 0.00718 e. The van der Waals surface area contributed by atoms with E-state index in [1.165, 1.54) is 57.1 Å². The zero-order valence-corrected chi connectivity index (χ0v) is 12.9. The van der Waals surface area contributed by atoms with Gasteiger partial charge in [0.2, 0.25) is 0 Å². The van der Waals surface area contributed by atoms with Crippen molar-refractivity contribution in [2.75, 3.05) is 25.0 Å². The number of halogens is 1. The molecule has 0 aromatic carbocycles. The van der Waals surface area contributed by atoms with Gasteiger partial charge in [0.1, 0.15) is 0 Å². The number of likely N-dealkylation sites (tertiary alicyclic amines) is 1. The van der Waals surface area contributed by atoms with E-state index in [-0.39, 0.29) is 0 Å². The minimum atomic E-state index is 0.630. The molecule has 1 heterocycles. The van der Waals surface area contributed by atoms with E-state index in [9.17, 15) is 0 Å². The van der Waals surface area contributed by atoms with Crippen LogP contribution in [-0.4, -0.2) is 29.9 Å². The van der Waals surface area contributed by atoms with Crippen LogP contribution in [0.2, 0.25) is 0 Å². The molecule has 0 aromatic heterocycles. The fraction of sp³-hybridized carbons (Fsp3) is 1.00. The molecule has 1 saturated heterocycles. The molecule has 0 aromatic rings. The Morgan fingerprint density at radius 2 is 1.88 bits per heavy atom. The lowest BCUT2D eigenvalue weighted by Gasteiger charge is -2.40. The van der Waals surface area contributed by atoms with Crippen LogP contribution < -0.4 is 0 Å². The molecule has 1 fully saturated rings. The predicted molar refractivity (Wildman–Crippen MR) is 76.3 cm³/mol. The van der Waals surface area contributed by atoms with Crippen LogP contribution in [-0.2, 0) is 0 Å². The van der Waals surface area contributed by atoms with Crippen LogP contribution in [0.5, 0.6) is 0 Å². The molecule has 2 heteroatoms. The summed E-state index contributed by atoms with van der Waals surface area (Å²) in [5, 5.41) is 1.17. The third kappa shape index (κ3) is 4.37. The molecular formula is C14H28BrN. The second kappa shape index (κ2) is 7.00. The first kappa shape index (κ1) is 14.5. The number of hydrogen-bond donors (Lipinski definition) is 0. The minimum absolute atomic E-state index is 0.630. The van der Waals surface area contributed by atoms with Gasteiger partial charge in [-0.05, 0) is 43.7 Å². The highest BCUT2D eigenvalue weighted by molar-refractivity contribution is 9.09. The SMILES string of the molecule is CCCC(CBr)CN1CCC(C)(CC)CC1. The quantitative estimate of drug-likeness (QED) is 0.659. The molecule has 1 aliphatic heterocycles. The smallest absolute Gasteiger partial charge is 0.00718 e. The third-order valence-corrected chi connectivity index (χ3v) is 5.26. The van der Waals surface area contributed by atoms with Crippen molar-refractivity contribution in [1.29, 1.82) is 0 Å². The molecule has 1 aliphatic rings. The van der Waals surface area contributed by atoms with Crippen molar-refractivity contribution in [3.8, 4) is 0 Å². The molecule has 0 radical (unpaired) electrons. The van der Waals surface area contributed by atoms with E-state index in [2.05, 4.69) is 41.6 Å². The van der Waals surface area contributed by atoms with E-state index in [1.54, 1.807) is 0 Å². The Kier molecular flexibility index (Phi) is 6.35. The molecule has 0 aliphatic carbocycles. The molecule has 0 spiro atoms. The Balaban J connectivity index is 2.30. The van der Waals surface area contributed by atoms with Crippen LogP contribution >= 0.6 is 15.9 Å². The molecule has 0 N–H and O–H groups in total. The lowest BCUT2D eigenvalue weighted by atomic mass is 9.78. The van der Waals surface area contributed by atoms with Crippen LogP contribution in [0.1, 0.15) is 52.9 Å². The fourth-order valence-electron chi connectivity index (χ4n) is 2.62. The highest BCUT2D eigenvalue weighted by atomic mass is 79.9. The number of alkyl halides is 1.